The molecule has 1 N–H and O–H groups in total. The highest BCUT2D eigenvalue weighted by Crippen LogP contribution is 2.42. The minimum absolute atomic E-state index is 0.161. The van der Waals surface area contributed by atoms with Crippen LogP contribution in [-0.4, -0.2) is 66.4 Å². The largest absolute Gasteiger partial charge is 0.496 e. The van der Waals surface area contributed by atoms with Gasteiger partial charge in [0.05, 0.1) is 17.2 Å². The monoisotopic (exact) mass is 464 g/mol. The van der Waals surface area contributed by atoms with Gasteiger partial charge in [0.1, 0.15) is 5.75 Å². The van der Waals surface area contributed by atoms with E-state index in [1.807, 2.05) is 6.07 Å². The fourth-order valence-electron chi connectivity index (χ4n) is 5.83. The maximum Gasteiger partial charge on any atom is 0.133 e. The number of aliphatic hydroxyl groups is 1. The Kier molecular flexibility index (Phi) is 7.21. The Morgan fingerprint density at radius 1 is 1.07 bits per heavy atom. The Hall–Kier alpha value is -0.620. The first-order valence-corrected chi connectivity index (χ1v) is 12.4. The summed E-state index contributed by atoms with van der Waals surface area (Å²) in [5.41, 5.74) is 0.654. The summed E-state index contributed by atoms with van der Waals surface area (Å²) in [5, 5.41) is 11.7. The van der Waals surface area contributed by atoms with Crippen LogP contribution in [0.1, 0.15) is 69.3 Å². The second kappa shape index (κ2) is 9.67. The summed E-state index contributed by atoms with van der Waals surface area (Å²) < 4.78 is 6.42. The molecular weight excluding hydrogens is 428 g/mol. The second-order valence-electron chi connectivity index (χ2n) is 9.39. The molecule has 162 valence electrons. The van der Waals surface area contributed by atoms with E-state index in [0.717, 1.165) is 61.6 Å². The topological polar surface area (TPSA) is 35.9 Å². The quantitative estimate of drug-likeness (QED) is 0.655. The number of rotatable bonds is 6. The summed E-state index contributed by atoms with van der Waals surface area (Å²) in [6, 6.07) is 7.16. The number of likely N-dealkylation sites (tertiary alicyclic amines) is 2. The van der Waals surface area contributed by atoms with Crippen LogP contribution in [-0.2, 0) is 0 Å². The van der Waals surface area contributed by atoms with E-state index in [4.69, 9.17) is 4.74 Å². The van der Waals surface area contributed by atoms with Crippen molar-refractivity contribution >= 4 is 15.9 Å². The number of hydrogen-bond donors (Lipinski definition) is 1. The van der Waals surface area contributed by atoms with Gasteiger partial charge in [-0.3, -0.25) is 0 Å². The number of hydrogen-bond acceptors (Lipinski definition) is 4. The van der Waals surface area contributed by atoms with Crippen LogP contribution in [0.2, 0.25) is 0 Å². The van der Waals surface area contributed by atoms with Crippen LogP contribution in [0.4, 0.5) is 0 Å². The van der Waals surface area contributed by atoms with Gasteiger partial charge in [0.15, 0.2) is 0 Å². The van der Waals surface area contributed by atoms with Gasteiger partial charge in [0.25, 0.3) is 0 Å². The third-order valence-electron chi connectivity index (χ3n) is 7.60. The highest BCUT2D eigenvalue weighted by molar-refractivity contribution is 9.10. The van der Waals surface area contributed by atoms with Crippen molar-refractivity contribution in [2.75, 3.05) is 39.8 Å². The molecule has 0 bridgehead atoms. The molecule has 29 heavy (non-hydrogen) atoms. The summed E-state index contributed by atoms with van der Waals surface area (Å²) in [4.78, 5) is 5.33. The van der Waals surface area contributed by atoms with Gasteiger partial charge in [-0.15, -0.1) is 0 Å². The molecule has 3 fully saturated rings. The second-order valence-corrected chi connectivity index (χ2v) is 10.2. The number of nitrogens with zero attached hydrogens (tertiary/aromatic N) is 2. The maximum atomic E-state index is 11.7. The van der Waals surface area contributed by atoms with Gasteiger partial charge in [0, 0.05) is 18.5 Å². The Morgan fingerprint density at radius 3 is 2.38 bits per heavy atom. The summed E-state index contributed by atoms with van der Waals surface area (Å²) in [6.07, 6.45) is 10.7. The zero-order valence-electron chi connectivity index (χ0n) is 17.9. The maximum absolute atomic E-state index is 11.7. The highest BCUT2D eigenvalue weighted by Gasteiger charge is 2.40. The molecule has 2 heterocycles. The molecule has 0 radical (unpaired) electrons. The molecule has 1 atom stereocenters. The Balaban J connectivity index is 1.48. The molecule has 5 heteroatoms. The van der Waals surface area contributed by atoms with E-state index < -0.39 is 5.60 Å². The normalized spacial score (nSPS) is 25.2. The lowest BCUT2D eigenvalue weighted by molar-refractivity contribution is -0.0338. The third kappa shape index (κ3) is 5.00. The van der Waals surface area contributed by atoms with Crippen molar-refractivity contribution in [1.82, 2.24) is 9.80 Å². The highest BCUT2D eigenvalue weighted by atomic mass is 79.9. The van der Waals surface area contributed by atoms with E-state index in [1.165, 1.54) is 50.8 Å². The van der Waals surface area contributed by atoms with Crippen LogP contribution >= 0.6 is 15.9 Å². The van der Waals surface area contributed by atoms with Crippen LogP contribution in [0.5, 0.6) is 5.75 Å². The third-order valence-corrected chi connectivity index (χ3v) is 8.22. The minimum atomic E-state index is -0.585. The van der Waals surface area contributed by atoms with Gasteiger partial charge in [-0.25, -0.2) is 0 Å². The molecule has 1 saturated carbocycles. The SMILES string of the molecule is COc1ccc(C(CN2CCC(N3CCCC3)CC2)C2(O)CCCCC2)cc1Br. The zero-order chi connectivity index (χ0) is 20.3. The molecule has 2 aliphatic heterocycles. The van der Waals surface area contributed by atoms with Crippen molar-refractivity contribution in [1.29, 1.82) is 0 Å². The van der Waals surface area contributed by atoms with E-state index in [1.54, 1.807) is 7.11 Å². The number of halogens is 1. The smallest absolute Gasteiger partial charge is 0.133 e. The summed E-state index contributed by atoms with van der Waals surface area (Å²) in [5.74, 6) is 1.02. The Labute approximate surface area is 184 Å². The van der Waals surface area contributed by atoms with Crippen LogP contribution in [0.3, 0.4) is 0 Å². The van der Waals surface area contributed by atoms with Crippen LogP contribution < -0.4 is 4.74 Å². The van der Waals surface area contributed by atoms with Crippen LogP contribution in [0, 0.1) is 0 Å². The predicted molar refractivity (Wildman–Crippen MR) is 122 cm³/mol. The molecule has 3 aliphatic rings. The molecule has 2 saturated heterocycles. The van der Waals surface area contributed by atoms with Gasteiger partial charge in [-0.2, -0.15) is 0 Å². The summed E-state index contributed by atoms with van der Waals surface area (Å²) in [7, 11) is 1.70. The lowest BCUT2D eigenvalue weighted by atomic mass is 9.72. The average Bonchev–Trinajstić information content (AvgIpc) is 3.28. The van der Waals surface area contributed by atoms with Gasteiger partial charge in [-0.05, 0) is 98.3 Å². The first-order chi connectivity index (χ1) is 14.1. The van der Waals surface area contributed by atoms with Crippen molar-refractivity contribution < 1.29 is 9.84 Å². The molecule has 0 amide bonds. The van der Waals surface area contributed by atoms with Gasteiger partial charge >= 0.3 is 0 Å². The standard InChI is InChI=1S/C24H37BrN2O2/c1-29-23-8-7-19(17-22(23)25)21(24(28)11-3-2-4-12-24)18-26-15-9-20(10-16-26)27-13-5-6-14-27/h7-8,17,20-21,28H,2-6,9-16,18H2,1H3. The molecule has 4 nitrogen and oxygen atoms in total. The van der Waals surface area contributed by atoms with E-state index >= 15 is 0 Å². The predicted octanol–water partition coefficient (Wildman–Crippen LogP) is 4.80. The van der Waals surface area contributed by atoms with E-state index in [0.29, 0.717) is 0 Å². The van der Waals surface area contributed by atoms with E-state index in [9.17, 15) is 5.11 Å². The first-order valence-electron chi connectivity index (χ1n) is 11.6. The zero-order valence-corrected chi connectivity index (χ0v) is 19.5. The lowest BCUT2D eigenvalue weighted by Crippen LogP contribution is -2.48. The number of benzene rings is 1. The van der Waals surface area contributed by atoms with Crippen molar-refractivity contribution in [3.63, 3.8) is 0 Å². The van der Waals surface area contributed by atoms with Crippen LogP contribution in [0.25, 0.3) is 0 Å². The summed E-state index contributed by atoms with van der Waals surface area (Å²) in [6.45, 7) is 5.87. The molecule has 0 aromatic heterocycles. The number of methoxy groups -OCH3 is 1. The van der Waals surface area contributed by atoms with E-state index in [-0.39, 0.29) is 5.92 Å². The van der Waals surface area contributed by atoms with Crippen molar-refractivity contribution in [2.24, 2.45) is 0 Å². The molecular formula is C24H37BrN2O2. The van der Waals surface area contributed by atoms with Crippen molar-refractivity contribution in [2.45, 2.75) is 75.3 Å². The molecule has 1 aromatic rings. The molecule has 1 aromatic carbocycles. The fourth-order valence-corrected chi connectivity index (χ4v) is 6.39. The van der Waals surface area contributed by atoms with Gasteiger partial charge in [-0.1, -0.05) is 25.3 Å². The minimum Gasteiger partial charge on any atom is -0.496 e. The lowest BCUT2D eigenvalue weighted by Gasteiger charge is -2.44. The van der Waals surface area contributed by atoms with Crippen molar-refractivity contribution in [3.05, 3.63) is 28.2 Å². The van der Waals surface area contributed by atoms with Gasteiger partial charge < -0.3 is 19.6 Å². The molecule has 1 aliphatic carbocycles. The molecule has 4 rings (SSSR count). The van der Waals surface area contributed by atoms with Crippen molar-refractivity contribution in [3.8, 4) is 5.75 Å². The average molecular weight is 465 g/mol. The Morgan fingerprint density at radius 2 is 1.76 bits per heavy atom. The summed E-state index contributed by atoms with van der Waals surface area (Å²) >= 11 is 3.66. The fraction of sp³-hybridized carbons (Fsp3) is 0.750. The number of piperidine rings is 1. The first kappa shape index (κ1) is 21.6. The number of ether oxygens (including phenoxy) is 1. The Bertz CT molecular complexity index is 663. The molecule has 1 unspecified atom stereocenters. The molecule has 0 spiro atoms. The van der Waals surface area contributed by atoms with Gasteiger partial charge in [0.2, 0.25) is 0 Å². The van der Waals surface area contributed by atoms with E-state index in [2.05, 4.69) is 37.9 Å². The van der Waals surface area contributed by atoms with Crippen LogP contribution in [0.15, 0.2) is 22.7 Å².